The summed E-state index contributed by atoms with van der Waals surface area (Å²) in [6.07, 6.45) is -0.132. The van der Waals surface area contributed by atoms with E-state index in [0.717, 1.165) is 5.56 Å². The number of amides is 1. The number of carbonyl (C=O) groups excluding carboxylic acids is 1. The van der Waals surface area contributed by atoms with Crippen LogP contribution in [0.2, 0.25) is 0 Å². The summed E-state index contributed by atoms with van der Waals surface area (Å²) >= 11 is 0. The van der Waals surface area contributed by atoms with Crippen LogP contribution in [0, 0.1) is 11.3 Å². The minimum absolute atomic E-state index is 0.132. The molecule has 1 aromatic carbocycles. The molecule has 0 unspecified atom stereocenters. The lowest BCUT2D eigenvalue weighted by Crippen LogP contribution is -2.10. The van der Waals surface area contributed by atoms with Gasteiger partial charge in [-0.25, -0.2) is 0 Å². The topological polar surface area (TPSA) is 78.9 Å². The molecule has 0 aromatic heterocycles. The Kier molecular flexibility index (Phi) is 3.65. The van der Waals surface area contributed by atoms with Gasteiger partial charge in [0.15, 0.2) is 0 Å². The Morgan fingerprint density at radius 1 is 1.57 bits per heavy atom. The first-order valence-corrected chi connectivity index (χ1v) is 4.22. The fourth-order valence-corrected chi connectivity index (χ4v) is 1.05. The number of benzene rings is 1. The van der Waals surface area contributed by atoms with E-state index >= 15 is 0 Å². The lowest BCUT2D eigenvalue weighted by Gasteiger charge is -2.03. The number of hydrogen-bond acceptors (Lipinski definition) is 3. The van der Waals surface area contributed by atoms with Crippen LogP contribution in [0.4, 0.5) is 5.69 Å². The second-order valence-corrected chi connectivity index (χ2v) is 2.79. The predicted octanol–water partition coefficient (Wildman–Crippen LogP) is 0.997. The molecule has 0 atom stereocenters. The molecule has 4 nitrogen and oxygen atoms in total. The van der Waals surface area contributed by atoms with Gasteiger partial charge in [-0.15, -0.1) is 0 Å². The van der Waals surface area contributed by atoms with Crippen LogP contribution in [0.1, 0.15) is 12.0 Å². The van der Waals surface area contributed by atoms with E-state index in [1.54, 1.807) is 18.2 Å². The normalized spacial score (nSPS) is 9.14. The Labute approximate surface area is 82.3 Å². The number of nitrogens with zero attached hydrogens (tertiary/aromatic N) is 1. The summed E-state index contributed by atoms with van der Waals surface area (Å²) in [5.41, 5.74) is 7.06. The Bertz CT molecular complexity index is 368. The molecule has 1 amide bonds. The summed E-state index contributed by atoms with van der Waals surface area (Å²) in [6, 6.07) is 9.01. The molecular weight excluding hydrogens is 178 g/mol. The predicted molar refractivity (Wildman–Crippen MR) is 53.2 cm³/mol. The van der Waals surface area contributed by atoms with E-state index in [2.05, 4.69) is 5.32 Å². The molecule has 0 fully saturated rings. The van der Waals surface area contributed by atoms with Crippen molar-refractivity contribution in [2.75, 3.05) is 5.32 Å². The van der Waals surface area contributed by atoms with Gasteiger partial charge in [0.2, 0.25) is 5.91 Å². The smallest absolute Gasteiger partial charge is 0.238 e. The molecule has 0 aliphatic heterocycles. The van der Waals surface area contributed by atoms with Gasteiger partial charge in [-0.3, -0.25) is 4.79 Å². The summed E-state index contributed by atoms with van der Waals surface area (Å²) < 4.78 is 0. The Morgan fingerprint density at radius 3 is 3.00 bits per heavy atom. The lowest BCUT2D eigenvalue weighted by molar-refractivity contribution is -0.115. The van der Waals surface area contributed by atoms with Crippen molar-refractivity contribution in [3.05, 3.63) is 29.8 Å². The summed E-state index contributed by atoms with van der Waals surface area (Å²) in [4.78, 5) is 11.0. The zero-order chi connectivity index (χ0) is 10.4. The Hall–Kier alpha value is -1.86. The molecule has 0 saturated carbocycles. The largest absolute Gasteiger partial charge is 0.326 e. The third kappa shape index (κ3) is 2.88. The second kappa shape index (κ2) is 5.00. The first-order valence-electron chi connectivity index (χ1n) is 4.22. The van der Waals surface area contributed by atoms with E-state index in [9.17, 15) is 4.79 Å². The van der Waals surface area contributed by atoms with Crippen molar-refractivity contribution >= 4 is 11.6 Å². The van der Waals surface area contributed by atoms with Gasteiger partial charge in [0.25, 0.3) is 0 Å². The van der Waals surface area contributed by atoms with Gasteiger partial charge in [-0.1, -0.05) is 12.1 Å². The van der Waals surface area contributed by atoms with E-state index in [1.807, 2.05) is 12.1 Å². The molecule has 14 heavy (non-hydrogen) atoms. The van der Waals surface area contributed by atoms with Gasteiger partial charge < -0.3 is 11.1 Å². The molecule has 0 spiro atoms. The van der Waals surface area contributed by atoms with Gasteiger partial charge in [0.1, 0.15) is 6.42 Å². The fourth-order valence-electron chi connectivity index (χ4n) is 1.05. The van der Waals surface area contributed by atoms with Crippen molar-refractivity contribution in [3.63, 3.8) is 0 Å². The quantitative estimate of drug-likeness (QED) is 0.744. The summed E-state index contributed by atoms with van der Waals surface area (Å²) in [6.45, 7) is 0.433. The maximum atomic E-state index is 11.0. The van der Waals surface area contributed by atoms with Crippen LogP contribution in [0.3, 0.4) is 0 Å². The minimum Gasteiger partial charge on any atom is -0.326 e. The van der Waals surface area contributed by atoms with Crippen LogP contribution in [-0.4, -0.2) is 5.91 Å². The number of carbonyl (C=O) groups is 1. The van der Waals surface area contributed by atoms with Crippen molar-refractivity contribution in [2.45, 2.75) is 13.0 Å². The first-order chi connectivity index (χ1) is 6.76. The van der Waals surface area contributed by atoms with Crippen molar-refractivity contribution in [1.29, 1.82) is 5.26 Å². The van der Waals surface area contributed by atoms with Crippen LogP contribution in [0.15, 0.2) is 24.3 Å². The van der Waals surface area contributed by atoms with Crippen molar-refractivity contribution in [2.24, 2.45) is 5.73 Å². The lowest BCUT2D eigenvalue weighted by atomic mass is 10.2. The third-order valence-corrected chi connectivity index (χ3v) is 1.69. The molecule has 0 aliphatic rings. The van der Waals surface area contributed by atoms with Crippen molar-refractivity contribution < 1.29 is 4.79 Å². The molecule has 3 N–H and O–H groups in total. The molecule has 4 heteroatoms. The van der Waals surface area contributed by atoms with E-state index < -0.39 is 0 Å². The van der Waals surface area contributed by atoms with E-state index in [1.165, 1.54) is 0 Å². The van der Waals surface area contributed by atoms with E-state index in [4.69, 9.17) is 11.0 Å². The molecule has 0 heterocycles. The molecule has 0 bridgehead atoms. The standard InChI is InChI=1S/C10H11N3O/c11-5-4-10(14)13-9-3-1-2-8(6-9)7-12/h1-3,6H,4,7,12H2,(H,13,14). The summed E-state index contributed by atoms with van der Waals surface area (Å²) in [5.74, 6) is -0.304. The average molecular weight is 189 g/mol. The second-order valence-electron chi connectivity index (χ2n) is 2.79. The molecule has 0 saturated heterocycles. The van der Waals surface area contributed by atoms with Crippen molar-refractivity contribution in [3.8, 4) is 6.07 Å². The van der Waals surface area contributed by atoms with E-state index in [-0.39, 0.29) is 12.3 Å². The maximum absolute atomic E-state index is 11.0. The highest BCUT2D eigenvalue weighted by molar-refractivity contribution is 5.92. The third-order valence-electron chi connectivity index (χ3n) is 1.69. The van der Waals surface area contributed by atoms with Crippen LogP contribution in [0.25, 0.3) is 0 Å². The number of rotatable bonds is 3. The molecule has 0 aliphatic carbocycles. The highest BCUT2D eigenvalue weighted by Gasteiger charge is 2.00. The number of hydrogen-bond donors (Lipinski definition) is 2. The molecule has 0 radical (unpaired) electrons. The molecule has 72 valence electrons. The highest BCUT2D eigenvalue weighted by atomic mass is 16.1. The Morgan fingerprint density at radius 2 is 2.36 bits per heavy atom. The molecule has 1 aromatic rings. The van der Waals surface area contributed by atoms with Crippen molar-refractivity contribution in [1.82, 2.24) is 0 Å². The van der Waals surface area contributed by atoms with Gasteiger partial charge in [0, 0.05) is 12.2 Å². The summed E-state index contributed by atoms with van der Waals surface area (Å²) in [5, 5.41) is 10.9. The monoisotopic (exact) mass is 189 g/mol. The SMILES string of the molecule is N#CCC(=O)Nc1cccc(CN)c1. The first kappa shape index (κ1) is 10.2. The van der Waals surface area contributed by atoms with E-state index in [0.29, 0.717) is 12.2 Å². The van der Waals surface area contributed by atoms with Crippen LogP contribution in [0.5, 0.6) is 0 Å². The number of nitrogens with one attached hydrogen (secondary N) is 1. The average Bonchev–Trinajstić information content (AvgIpc) is 2.18. The zero-order valence-electron chi connectivity index (χ0n) is 7.66. The van der Waals surface area contributed by atoms with Crippen LogP contribution < -0.4 is 11.1 Å². The van der Waals surface area contributed by atoms with Gasteiger partial charge in [-0.05, 0) is 17.7 Å². The van der Waals surface area contributed by atoms with Gasteiger partial charge >= 0.3 is 0 Å². The number of nitrogens with two attached hydrogens (primary N) is 1. The molecule has 1 rings (SSSR count). The number of anilines is 1. The fraction of sp³-hybridized carbons (Fsp3) is 0.200. The zero-order valence-corrected chi connectivity index (χ0v) is 7.66. The summed E-state index contributed by atoms with van der Waals surface area (Å²) in [7, 11) is 0. The Balaban J connectivity index is 2.68. The molecular formula is C10H11N3O. The van der Waals surface area contributed by atoms with Crippen LogP contribution in [-0.2, 0) is 11.3 Å². The van der Waals surface area contributed by atoms with Gasteiger partial charge in [-0.2, -0.15) is 5.26 Å². The number of nitriles is 1. The highest BCUT2D eigenvalue weighted by Crippen LogP contribution is 2.10. The minimum atomic E-state index is -0.304. The van der Waals surface area contributed by atoms with Crippen LogP contribution >= 0.6 is 0 Å². The van der Waals surface area contributed by atoms with Gasteiger partial charge in [0.05, 0.1) is 6.07 Å². The maximum Gasteiger partial charge on any atom is 0.238 e.